The third-order valence-electron chi connectivity index (χ3n) is 5.23. The molecule has 4 rings (SSSR count). The van der Waals surface area contributed by atoms with Crippen molar-refractivity contribution in [2.75, 3.05) is 31.2 Å². The standard InChI is InChI=1S/C21H21F2N5O2/c1-13(29)18(25-7-14-4-2-3-5-15(14)22)6-17(24)19-26-8-16(23)20(27-19)28-9-21(10-28)11-30-12-21/h2-6,8,24-25H,7,9-12H2,1H3/b18-6-,24-17?. The number of carbonyl (C=O) groups excluding carboxylic acids is 1. The summed E-state index contributed by atoms with van der Waals surface area (Å²) < 4.78 is 33.3. The topological polar surface area (TPSA) is 91.2 Å². The molecule has 0 saturated carbocycles. The van der Waals surface area contributed by atoms with Crippen molar-refractivity contribution in [1.29, 1.82) is 5.41 Å². The van der Waals surface area contributed by atoms with Crippen LogP contribution in [0.2, 0.25) is 0 Å². The highest BCUT2D eigenvalue weighted by Crippen LogP contribution is 2.40. The molecule has 0 aliphatic carbocycles. The van der Waals surface area contributed by atoms with Crippen molar-refractivity contribution >= 4 is 17.3 Å². The van der Waals surface area contributed by atoms with Crippen LogP contribution >= 0.6 is 0 Å². The Labute approximate surface area is 172 Å². The van der Waals surface area contributed by atoms with Gasteiger partial charge in [0, 0.05) is 32.1 Å². The molecule has 2 fully saturated rings. The van der Waals surface area contributed by atoms with E-state index < -0.39 is 11.6 Å². The first-order valence-corrected chi connectivity index (χ1v) is 9.51. The molecule has 0 atom stereocenters. The molecule has 7 nitrogen and oxygen atoms in total. The number of benzene rings is 1. The van der Waals surface area contributed by atoms with E-state index in [-0.39, 0.29) is 40.8 Å². The number of nitrogens with zero attached hydrogens (tertiary/aromatic N) is 3. The molecule has 2 aliphatic heterocycles. The predicted molar refractivity (Wildman–Crippen MR) is 106 cm³/mol. The van der Waals surface area contributed by atoms with Crippen LogP contribution in [-0.2, 0) is 16.1 Å². The number of hydrogen-bond acceptors (Lipinski definition) is 7. The van der Waals surface area contributed by atoms with E-state index >= 15 is 0 Å². The quantitative estimate of drug-likeness (QED) is 0.534. The minimum absolute atomic E-state index is 0.00338. The third-order valence-corrected chi connectivity index (χ3v) is 5.23. The van der Waals surface area contributed by atoms with E-state index in [0.29, 0.717) is 31.9 Å². The van der Waals surface area contributed by atoms with Crippen molar-refractivity contribution in [3.05, 3.63) is 65.3 Å². The maximum atomic E-state index is 14.2. The van der Waals surface area contributed by atoms with Gasteiger partial charge in [-0.05, 0) is 12.1 Å². The predicted octanol–water partition coefficient (Wildman–Crippen LogP) is 2.22. The van der Waals surface area contributed by atoms with Crippen LogP contribution in [0.5, 0.6) is 0 Å². The summed E-state index contributed by atoms with van der Waals surface area (Å²) in [5, 5.41) is 11.1. The second-order valence-electron chi connectivity index (χ2n) is 7.69. The van der Waals surface area contributed by atoms with Gasteiger partial charge in [0.1, 0.15) is 11.5 Å². The summed E-state index contributed by atoms with van der Waals surface area (Å²) in [6.45, 7) is 4.04. The Bertz CT molecular complexity index is 1030. The summed E-state index contributed by atoms with van der Waals surface area (Å²) in [7, 11) is 0. The Balaban J connectivity index is 1.49. The number of ketones is 1. The maximum Gasteiger partial charge on any atom is 0.183 e. The molecule has 2 aromatic rings. The summed E-state index contributed by atoms with van der Waals surface area (Å²) >= 11 is 0. The Kier molecular flexibility index (Phi) is 5.29. The van der Waals surface area contributed by atoms with Gasteiger partial charge in [-0.25, -0.2) is 18.7 Å². The number of halogens is 2. The molecule has 1 aromatic heterocycles. The number of anilines is 1. The van der Waals surface area contributed by atoms with Gasteiger partial charge < -0.3 is 15.0 Å². The van der Waals surface area contributed by atoms with Crippen LogP contribution in [0.3, 0.4) is 0 Å². The zero-order chi connectivity index (χ0) is 21.3. The van der Waals surface area contributed by atoms with Crippen LogP contribution in [0, 0.1) is 22.5 Å². The van der Waals surface area contributed by atoms with E-state index in [0.717, 1.165) is 6.20 Å². The number of aromatic nitrogens is 2. The molecule has 0 amide bonds. The van der Waals surface area contributed by atoms with Crippen LogP contribution in [0.15, 0.2) is 42.2 Å². The molecular weight excluding hydrogens is 392 g/mol. The lowest BCUT2D eigenvalue weighted by Crippen LogP contribution is -2.66. The van der Waals surface area contributed by atoms with Crippen molar-refractivity contribution in [2.24, 2.45) is 5.41 Å². The molecule has 156 valence electrons. The fraction of sp³-hybridized carbons (Fsp3) is 0.333. The van der Waals surface area contributed by atoms with E-state index in [1.165, 1.54) is 19.1 Å². The van der Waals surface area contributed by atoms with Crippen molar-refractivity contribution in [2.45, 2.75) is 13.5 Å². The number of rotatable bonds is 7. The van der Waals surface area contributed by atoms with Gasteiger partial charge in [0.25, 0.3) is 0 Å². The van der Waals surface area contributed by atoms with E-state index in [1.807, 2.05) is 0 Å². The highest BCUT2D eigenvalue weighted by molar-refractivity contribution is 6.09. The molecule has 1 spiro atoms. The Morgan fingerprint density at radius 1 is 1.30 bits per heavy atom. The number of allylic oxidation sites excluding steroid dienone is 2. The Morgan fingerprint density at radius 2 is 2.03 bits per heavy atom. The van der Waals surface area contributed by atoms with E-state index in [4.69, 9.17) is 10.1 Å². The number of ether oxygens (including phenoxy) is 1. The second kappa shape index (κ2) is 7.91. The minimum atomic E-state index is -0.560. The van der Waals surface area contributed by atoms with Crippen molar-refractivity contribution in [1.82, 2.24) is 15.3 Å². The van der Waals surface area contributed by atoms with E-state index in [9.17, 15) is 13.6 Å². The molecular formula is C21H21F2N5O2. The molecule has 2 saturated heterocycles. The average Bonchev–Trinajstić information content (AvgIpc) is 2.65. The van der Waals surface area contributed by atoms with Crippen LogP contribution in [0.4, 0.5) is 14.6 Å². The van der Waals surface area contributed by atoms with Crippen molar-refractivity contribution in [3.63, 3.8) is 0 Å². The summed E-state index contributed by atoms with van der Waals surface area (Å²) in [5.41, 5.74) is 0.448. The first kappa shape index (κ1) is 20.1. The number of nitrogens with one attached hydrogen (secondary N) is 2. The van der Waals surface area contributed by atoms with E-state index in [2.05, 4.69) is 15.3 Å². The molecule has 0 unspecified atom stereocenters. The third kappa shape index (κ3) is 3.93. The highest BCUT2D eigenvalue weighted by Gasteiger charge is 2.50. The number of carbonyl (C=O) groups is 1. The first-order chi connectivity index (χ1) is 14.4. The SMILES string of the molecule is CC(=O)/C(=C/C(=N)c1ncc(F)c(N2CC3(COC3)C2)n1)NCc1ccccc1F. The van der Waals surface area contributed by atoms with Crippen LogP contribution < -0.4 is 10.2 Å². The van der Waals surface area contributed by atoms with Gasteiger partial charge >= 0.3 is 0 Å². The lowest BCUT2D eigenvalue weighted by atomic mass is 9.78. The van der Waals surface area contributed by atoms with Gasteiger partial charge in [0.15, 0.2) is 23.2 Å². The van der Waals surface area contributed by atoms with Gasteiger partial charge in [-0.1, -0.05) is 18.2 Å². The molecule has 2 N–H and O–H groups in total. The average molecular weight is 413 g/mol. The summed E-state index contributed by atoms with van der Waals surface area (Å²) in [4.78, 5) is 21.8. The zero-order valence-corrected chi connectivity index (χ0v) is 16.4. The van der Waals surface area contributed by atoms with Crippen LogP contribution in [0.25, 0.3) is 0 Å². The summed E-state index contributed by atoms with van der Waals surface area (Å²) in [6.07, 6.45) is 2.31. The minimum Gasteiger partial charge on any atom is -0.380 e. The van der Waals surface area contributed by atoms with Crippen LogP contribution in [0.1, 0.15) is 18.3 Å². The largest absolute Gasteiger partial charge is 0.380 e. The summed E-state index contributed by atoms with van der Waals surface area (Å²) in [5.74, 6) is -1.13. The van der Waals surface area contributed by atoms with Gasteiger partial charge in [-0.3, -0.25) is 10.2 Å². The van der Waals surface area contributed by atoms with Gasteiger partial charge in [-0.2, -0.15) is 0 Å². The molecule has 0 bridgehead atoms. The van der Waals surface area contributed by atoms with Crippen molar-refractivity contribution < 1.29 is 18.3 Å². The lowest BCUT2D eigenvalue weighted by Gasteiger charge is -2.55. The monoisotopic (exact) mass is 413 g/mol. The van der Waals surface area contributed by atoms with Gasteiger partial charge in [0.05, 0.1) is 30.5 Å². The normalized spacial score (nSPS) is 17.3. The van der Waals surface area contributed by atoms with Crippen LogP contribution in [-0.4, -0.2) is 47.8 Å². The molecule has 3 heterocycles. The molecule has 30 heavy (non-hydrogen) atoms. The van der Waals surface area contributed by atoms with E-state index in [1.54, 1.807) is 23.1 Å². The molecule has 2 aliphatic rings. The lowest BCUT2D eigenvalue weighted by molar-refractivity contribution is -0.127. The maximum absolute atomic E-state index is 14.2. The molecule has 9 heteroatoms. The first-order valence-electron chi connectivity index (χ1n) is 9.51. The molecule has 1 aromatic carbocycles. The fourth-order valence-electron chi connectivity index (χ4n) is 3.51. The number of Topliss-reactive ketones (excluding diaryl/α,β-unsaturated/α-hetero) is 1. The smallest absolute Gasteiger partial charge is 0.183 e. The Hall–Kier alpha value is -3.20. The highest BCUT2D eigenvalue weighted by atomic mass is 19.1. The van der Waals surface area contributed by atoms with Gasteiger partial charge in [-0.15, -0.1) is 0 Å². The van der Waals surface area contributed by atoms with Crippen molar-refractivity contribution in [3.8, 4) is 0 Å². The molecule has 0 radical (unpaired) electrons. The summed E-state index contributed by atoms with van der Waals surface area (Å²) in [6, 6.07) is 6.22. The number of hydrogen-bond donors (Lipinski definition) is 2. The van der Waals surface area contributed by atoms with Gasteiger partial charge in [0.2, 0.25) is 0 Å². The Morgan fingerprint density at radius 3 is 2.67 bits per heavy atom. The zero-order valence-electron chi connectivity index (χ0n) is 16.4. The second-order valence-corrected chi connectivity index (χ2v) is 7.69. The fourth-order valence-corrected chi connectivity index (χ4v) is 3.51.